The predicted molar refractivity (Wildman–Crippen MR) is 76.7 cm³/mol. The van der Waals surface area contributed by atoms with Crippen LogP contribution in [0.25, 0.3) is 0 Å². The first-order valence-corrected chi connectivity index (χ1v) is 6.92. The van der Waals surface area contributed by atoms with Gasteiger partial charge in [0.25, 0.3) is 0 Å². The van der Waals surface area contributed by atoms with Gasteiger partial charge in [-0.1, -0.05) is 12.2 Å². The van der Waals surface area contributed by atoms with E-state index >= 15 is 0 Å². The highest BCUT2D eigenvalue weighted by Crippen LogP contribution is 2.30. The van der Waals surface area contributed by atoms with Gasteiger partial charge in [-0.2, -0.15) is 0 Å². The first-order valence-electron chi connectivity index (χ1n) is 6.51. The van der Waals surface area contributed by atoms with Crippen LogP contribution in [0.5, 0.6) is 0 Å². The van der Waals surface area contributed by atoms with Crippen LogP contribution in [0.1, 0.15) is 24.8 Å². The molecule has 2 aliphatic heterocycles. The topological polar surface area (TPSA) is 54.2 Å². The minimum atomic E-state index is 0.409. The number of anilines is 1. The summed E-state index contributed by atoms with van der Waals surface area (Å²) in [5, 5.41) is 3.54. The van der Waals surface area contributed by atoms with E-state index in [0.29, 0.717) is 17.1 Å². The maximum absolute atomic E-state index is 5.74. The number of pyridine rings is 1. The Morgan fingerprint density at radius 3 is 3.17 bits per heavy atom. The van der Waals surface area contributed by atoms with E-state index in [1.54, 1.807) is 6.20 Å². The monoisotopic (exact) mass is 262 g/mol. The first kappa shape index (κ1) is 11.9. The highest BCUT2D eigenvalue weighted by atomic mass is 32.1. The Labute approximate surface area is 113 Å². The van der Waals surface area contributed by atoms with Crippen molar-refractivity contribution >= 4 is 23.0 Å². The van der Waals surface area contributed by atoms with Crippen LogP contribution >= 0.6 is 12.2 Å². The Balaban J connectivity index is 1.78. The average Bonchev–Trinajstić information content (AvgIpc) is 2.94. The van der Waals surface area contributed by atoms with Crippen LogP contribution in [0.2, 0.25) is 0 Å². The van der Waals surface area contributed by atoms with Gasteiger partial charge in [0.05, 0.1) is 5.56 Å². The van der Waals surface area contributed by atoms with E-state index < -0.39 is 0 Å². The largest absolute Gasteiger partial charge is 0.389 e. The third-order valence-corrected chi connectivity index (χ3v) is 4.22. The summed E-state index contributed by atoms with van der Waals surface area (Å²) in [6.07, 6.45) is 5.56. The minimum Gasteiger partial charge on any atom is -0.389 e. The molecule has 2 unspecified atom stereocenters. The van der Waals surface area contributed by atoms with Crippen LogP contribution < -0.4 is 11.1 Å². The molecule has 2 aliphatic rings. The number of nitrogens with one attached hydrogen (secondary N) is 1. The van der Waals surface area contributed by atoms with E-state index in [1.165, 1.54) is 32.4 Å². The summed E-state index contributed by atoms with van der Waals surface area (Å²) in [6.45, 7) is 2.44. The Kier molecular flexibility index (Phi) is 3.18. The number of hydrogen-bond acceptors (Lipinski definition) is 4. The number of fused-ring (bicyclic) bond motifs is 1. The number of nitrogens with two attached hydrogens (primary N) is 1. The van der Waals surface area contributed by atoms with Crippen LogP contribution in [0.3, 0.4) is 0 Å². The number of hydrogen-bond donors (Lipinski definition) is 2. The lowest BCUT2D eigenvalue weighted by Gasteiger charge is -2.22. The van der Waals surface area contributed by atoms with Gasteiger partial charge in [0.1, 0.15) is 10.8 Å². The van der Waals surface area contributed by atoms with E-state index in [4.69, 9.17) is 18.0 Å². The molecule has 96 valence electrons. The van der Waals surface area contributed by atoms with Crippen LogP contribution in [0.4, 0.5) is 5.82 Å². The van der Waals surface area contributed by atoms with E-state index in [0.717, 1.165) is 11.4 Å². The molecule has 3 heterocycles. The van der Waals surface area contributed by atoms with Gasteiger partial charge in [0.2, 0.25) is 0 Å². The van der Waals surface area contributed by atoms with Crippen molar-refractivity contribution in [3.05, 3.63) is 23.9 Å². The molecule has 0 aromatic carbocycles. The Morgan fingerprint density at radius 2 is 2.33 bits per heavy atom. The first-order chi connectivity index (χ1) is 8.75. The Morgan fingerprint density at radius 1 is 1.44 bits per heavy atom. The molecule has 2 fully saturated rings. The number of nitrogens with zero attached hydrogens (tertiary/aromatic N) is 2. The van der Waals surface area contributed by atoms with Crippen molar-refractivity contribution in [2.24, 2.45) is 5.73 Å². The molecule has 3 rings (SSSR count). The predicted octanol–water partition coefficient (Wildman–Crippen LogP) is 1.36. The summed E-state index contributed by atoms with van der Waals surface area (Å²) < 4.78 is 0. The fourth-order valence-electron chi connectivity index (χ4n) is 3.15. The molecule has 4 nitrogen and oxygen atoms in total. The number of rotatable bonds is 3. The lowest BCUT2D eigenvalue weighted by atomic mass is 10.1. The molecule has 0 aliphatic carbocycles. The SMILES string of the molecule is NC(=S)c1cccnc1NC1CCN2CCCC12. The number of thiocarbonyl (C=S) groups is 1. The third-order valence-electron chi connectivity index (χ3n) is 4.00. The molecular formula is C13H18N4S. The molecule has 5 heteroatoms. The standard InChI is InChI=1S/C13H18N4S/c14-12(18)9-3-1-6-15-13(9)16-10-5-8-17-7-2-4-11(10)17/h1,3,6,10-11H,2,4-5,7-8H2,(H2,14,18)(H,15,16). The van der Waals surface area contributed by atoms with E-state index in [9.17, 15) is 0 Å². The summed E-state index contributed by atoms with van der Waals surface area (Å²) in [4.78, 5) is 7.36. The summed E-state index contributed by atoms with van der Waals surface area (Å²) in [5.41, 5.74) is 6.59. The summed E-state index contributed by atoms with van der Waals surface area (Å²) in [7, 11) is 0. The molecular weight excluding hydrogens is 244 g/mol. The van der Waals surface area contributed by atoms with Crippen molar-refractivity contribution in [1.82, 2.24) is 9.88 Å². The minimum absolute atomic E-state index is 0.409. The molecule has 0 saturated carbocycles. The van der Waals surface area contributed by atoms with Gasteiger partial charge in [-0.25, -0.2) is 4.98 Å². The van der Waals surface area contributed by atoms with Gasteiger partial charge in [0.15, 0.2) is 0 Å². The number of aromatic nitrogens is 1. The van der Waals surface area contributed by atoms with E-state index in [1.807, 2.05) is 12.1 Å². The lowest BCUT2D eigenvalue weighted by molar-refractivity contribution is 0.318. The van der Waals surface area contributed by atoms with Crippen molar-refractivity contribution in [3.8, 4) is 0 Å². The zero-order chi connectivity index (χ0) is 12.5. The highest BCUT2D eigenvalue weighted by Gasteiger charge is 2.37. The zero-order valence-electron chi connectivity index (χ0n) is 10.3. The molecule has 0 spiro atoms. The van der Waals surface area contributed by atoms with Crippen LogP contribution in [-0.2, 0) is 0 Å². The maximum atomic E-state index is 5.74. The smallest absolute Gasteiger partial charge is 0.136 e. The molecule has 2 atom stereocenters. The van der Waals surface area contributed by atoms with Crippen molar-refractivity contribution in [2.45, 2.75) is 31.3 Å². The fourth-order valence-corrected chi connectivity index (χ4v) is 3.31. The normalized spacial score (nSPS) is 27.1. The summed E-state index contributed by atoms with van der Waals surface area (Å²) >= 11 is 5.07. The molecule has 2 saturated heterocycles. The van der Waals surface area contributed by atoms with E-state index in [-0.39, 0.29) is 0 Å². The Bertz CT molecular complexity index is 462. The van der Waals surface area contributed by atoms with Crippen molar-refractivity contribution in [2.75, 3.05) is 18.4 Å². The lowest BCUT2D eigenvalue weighted by Crippen LogP contribution is -2.34. The molecule has 3 N–H and O–H groups in total. The van der Waals surface area contributed by atoms with Gasteiger partial charge in [-0.3, -0.25) is 4.90 Å². The quantitative estimate of drug-likeness (QED) is 0.806. The molecule has 1 aromatic heterocycles. The third kappa shape index (κ3) is 2.08. The Hall–Kier alpha value is -1.20. The zero-order valence-corrected chi connectivity index (χ0v) is 11.1. The van der Waals surface area contributed by atoms with E-state index in [2.05, 4.69) is 15.2 Å². The highest BCUT2D eigenvalue weighted by molar-refractivity contribution is 7.80. The second-order valence-electron chi connectivity index (χ2n) is 5.05. The molecule has 0 bridgehead atoms. The molecule has 0 amide bonds. The molecule has 18 heavy (non-hydrogen) atoms. The van der Waals surface area contributed by atoms with Gasteiger partial charge in [-0.15, -0.1) is 0 Å². The molecule has 0 radical (unpaired) electrons. The maximum Gasteiger partial charge on any atom is 0.136 e. The summed E-state index contributed by atoms with van der Waals surface area (Å²) in [5.74, 6) is 0.837. The van der Waals surface area contributed by atoms with Crippen LogP contribution in [0.15, 0.2) is 18.3 Å². The molecule has 1 aromatic rings. The fraction of sp³-hybridized carbons (Fsp3) is 0.538. The van der Waals surface area contributed by atoms with Crippen molar-refractivity contribution in [3.63, 3.8) is 0 Å². The van der Waals surface area contributed by atoms with Gasteiger partial charge >= 0.3 is 0 Å². The second-order valence-corrected chi connectivity index (χ2v) is 5.49. The van der Waals surface area contributed by atoms with Gasteiger partial charge in [-0.05, 0) is 37.9 Å². The van der Waals surface area contributed by atoms with Gasteiger partial charge in [0, 0.05) is 24.8 Å². The van der Waals surface area contributed by atoms with Crippen LogP contribution in [0, 0.1) is 0 Å². The van der Waals surface area contributed by atoms with Gasteiger partial charge < -0.3 is 11.1 Å². The van der Waals surface area contributed by atoms with Crippen molar-refractivity contribution in [1.29, 1.82) is 0 Å². The van der Waals surface area contributed by atoms with Crippen LogP contribution in [-0.4, -0.2) is 40.0 Å². The summed E-state index contributed by atoms with van der Waals surface area (Å²) in [6, 6.07) is 4.94. The second kappa shape index (κ2) is 4.82. The van der Waals surface area contributed by atoms with Crippen molar-refractivity contribution < 1.29 is 0 Å². The average molecular weight is 262 g/mol.